The van der Waals surface area contributed by atoms with Gasteiger partial charge in [-0.25, -0.2) is 0 Å². The number of carbonyl (C=O) groups excluding carboxylic acids is 2. The predicted molar refractivity (Wildman–Crippen MR) is 98.5 cm³/mol. The number of aliphatic hydroxyl groups excluding tert-OH is 1. The fraction of sp³-hybridized carbons (Fsp3) is 0.895. The van der Waals surface area contributed by atoms with E-state index in [1.54, 1.807) is 0 Å². The average molecular weight is 343 g/mol. The zero-order valence-corrected chi connectivity index (χ0v) is 17.0. The Kier molecular flexibility index (Phi) is 7.94. The van der Waals surface area contributed by atoms with E-state index in [4.69, 9.17) is 0 Å². The largest absolute Gasteiger partial charge is 0.394 e. The van der Waals surface area contributed by atoms with Crippen molar-refractivity contribution >= 4 is 11.8 Å². The minimum atomic E-state index is -0.500. The first-order chi connectivity index (χ1) is 10.6. The number of amides is 2. The molecule has 0 saturated heterocycles. The minimum absolute atomic E-state index is 0.0348. The summed E-state index contributed by atoms with van der Waals surface area (Å²) in [6.45, 7) is 17.2. The molecule has 0 aromatic carbocycles. The lowest BCUT2D eigenvalue weighted by Gasteiger charge is -2.37. The molecule has 142 valence electrons. The zero-order valence-electron chi connectivity index (χ0n) is 17.0. The smallest absolute Gasteiger partial charge is 0.225 e. The zero-order chi connectivity index (χ0) is 19.3. The fourth-order valence-corrected chi connectivity index (χ4v) is 2.24. The van der Waals surface area contributed by atoms with E-state index in [1.165, 1.54) is 0 Å². The van der Waals surface area contributed by atoms with Crippen LogP contribution in [0.3, 0.4) is 0 Å². The van der Waals surface area contributed by atoms with E-state index in [-0.39, 0.29) is 35.9 Å². The van der Waals surface area contributed by atoms with Crippen LogP contribution < -0.4 is 10.6 Å². The highest BCUT2D eigenvalue weighted by Gasteiger charge is 2.36. The standard InChI is InChI=1S/C19H38N2O3/c1-13(2)20-16(24)19(8,9)11-10-18(6,7)14(12-22)21-15(23)17(3,4)5/h13-14,22H,10-12H2,1-9H3,(H,20,24)(H,21,23). The van der Waals surface area contributed by atoms with E-state index in [0.29, 0.717) is 6.42 Å². The first-order valence-electron chi connectivity index (χ1n) is 8.86. The number of nitrogens with one attached hydrogen (secondary N) is 2. The Labute approximate surface area is 148 Å². The predicted octanol–water partition coefficient (Wildman–Crippen LogP) is 2.87. The van der Waals surface area contributed by atoms with Gasteiger partial charge in [-0.3, -0.25) is 9.59 Å². The molecule has 0 aromatic heterocycles. The number of hydrogen-bond donors (Lipinski definition) is 3. The van der Waals surface area contributed by atoms with Gasteiger partial charge in [0.15, 0.2) is 0 Å². The van der Waals surface area contributed by atoms with Gasteiger partial charge in [0.1, 0.15) is 0 Å². The Balaban J connectivity index is 4.91. The van der Waals surface area contributed by atoms with Crippen LogP contribution in [0.2, 0.25) is 0 Å². The second kappa shape index (κ2) is 8.32. The lowest BCUT2D eigenvalue weighted by atomic mass is 9.74. The third kappa shape index (κ3) is 7.20. The molecular weight excluding hydrogens is 304 g/mol. The number of rotatable bonds is 8. The molecule has 0 fully saturated rings. The monoisotopic (exact) mass is 342 g/mol. The van der Waals surface area contributed by atoms with Gasteiger partial charge in [0, 0.05) is 16.9 Å². The van der Waals surface area contributed by atoms with E-state index < -0.39 is 10.8 Å². The molecule has 0 aliphatic carbocycles. The number of carbonyl (C=O) groups is 2. The molecule has 24 heavy (non-hydrogen) atoms. The Bertz CT molecular complexity index is 434. The van der Waals surface area contributed by atoms with Crippen LogP contribution in [0.5, 0.6) is 0 Å². The second-order valence-electron chi connectivity index (χ2n) is 9.46. The van der Waals surface area contributed by atoms with Crippen LogP contribution in [0.25, 0.3) is 0 Å². The van der Waals surface area contributed by atoms with E-state index in [1.807, 2.05) is 62.3 Å². The molecule has 0 heterocycles. The molecule has 0 radical (unpaired) electrons. The average Bonchev–Trinajstić information content (AvgIpc) is 2.40. The third-order valence-electron chi connectivity index (χ3n) is 4.54. The van der Waals surface area contributed by atoms with Crippen LogP contribution >= 0.6 is 0 Å². The van der Waals surface area contributed by atoms with Crippen molar-refractivity contribution in [1.82, 2.24) is 10.6 Å². The molecule has 0 saturated carbocycles. The summed E-state index contributed by atoms with van der Waals surface area (Å²) in [4.78, 5) is 24.5. The highest BCUT2D eigenvalue weighted by molar-refractivity contribution is 5.82. The Morgan fingerprint density at radius 2 is 1.38 bits per heavy atom. The summed E-state index contributed by atoms with van der Waals surface area (Å²) in [5.41, 5.74) is -1.31. The molecule has 0 rings (SSSR count). The SMILES string of the molecule is CC(C)NC(=O)C(C)(C)CCC(C)(C)C(CO)NC(=O)C(C)(C)C. The molecular formula is C19H38N2O3. The van der Waals surface area contributed by atoms with Crippen LogP contribution in [-0.4, -0.2) is 35.6 Å². The molecule has 5 nitrogen and oxygen atoms in total. The summed E-state index contributed by atoms with van der Waals surface area (Å²) in [5, 5.41) is 15.7. The summed E-state index contributed by atoms with van der Waals surface area (Å²) >= 11 is 0. The summed E-state index contributed by atoms with van der Waals surface area (Å²) in [6, 6.07) is -0.228. The van der Waals surface area contributed by atoms with Gasteiger partial charge in [0.05, 0.1) is 12.6 Å². The Morgan fingerprint density at radius 3 is 1.75 bits per heavy atom. The van der Waals surface area contributed by atoms with Crippen LogP contribution in [-0.2, 0) is 9.59 Å². The molecule has 2 amide bonds. The number of aliphatic hydroxyl groups is 1. The first-order valence-corrected chi connectivity index (χ1v) is 8.86. The van der Waals surface area contributed by atoms with Gasteiger partial charge in [0.25, 0.3) is 0 Å². The molecule has 1 atom stereocenters. The van der Waals surface area contributed by atoms with Crippen LogP contribution in [0.4, 0.5) is 0 Å². The van der Waals surface area contributed by atoms with Gasteiger partial charge >= 0.3 is 0 Å². The molecule has 5 heteroatoms. The highest BCUT2D eigenvalue weighted by Crippen LogP contribution is 2.34. The topological polar surface area (TPSA) is 78.4 Å². The van der Waals surface area contributed by atoms with Gasteiger partial charge < -0.3 is 15.7 Å². The Morgan fingerprint density at radius 1 is 0.875 bits per heavy atom. The van der Waals surface area contributed by atoms with Crippen molar-refractivity contribution in [2.45, 2.75) is 87.2 Å². The highest BCUT2D eigenvalue weighted by atomic mass is 16.3. The van der Waals surface area contributed by atoms with Gasteiger partial charge in [-0.1, -0.05) is 48.5 Å². The molecule has 1 unspecified atom stereocenters. The normalized spacial score (nSPS) is 14.5. The van der Waals surface area contributed by atoms with Crippen molar-refractivity contribution in [2.24, 2.45) is 16.2 Å². The van der Waals surface area contributed by atoms with E-state index in [2.05, 4.69) is 10.6 Å². The molecule has 0 spiro atoms. The maximum Gasteiger partial charge on any atom is 0.225 e. The van der Waals surface area contributed by atoms with Crippen molar-refractivity contribution in [3.8, 4) is 0 Å². The van der Waals surface area contributed by atoms with Crippen LogP contribution in [0.1, 0.15) is 75.2 Å². The maximum atomic E-state index is 12.3. The molecule has 3 N–H and O–H groups in total. The first kappa shape index (κ1) is 22.9. The lowest BCUT2D eigenvalue weighted by molar-refractivity contribution is -0.132. The van der Waals surface area contributed by atoms with Gasteiger partial charge in [-0.15, -0.1) is 0 Å². The molecule has 0 aliphatic rings. The van der Waals surface area contributed by atoms with Gasteiger partial charge in [0.2, 0.25) is 11.8 Å². The van der Waals surface area contributed by atoms with Crippen molar-refractivity contribution in [1.29, 1.82) is 0 Å². The minimum Gasteiger partial charge on any atom is -0.394 e. The summed E-state index contributed by atoms with van der Waals surface area (Å²) in [6.07, 6.45) is 1.40. The van der Waals surface area contributed by atoms with E-state index in [0.717, 1.165) is 6.42 Å². The van der Waals surface area contributed by atoms with Crippen molar-refractivity contribution in [3.05, 3.63) is 0 Å². The third-order valence-corrected chi connectivity index (χ3v) is 4.54. The van der Waals surface area contributed by atoms with E-state index >= 15 is 0 Å². The van der Waals surface area contributed by atoms with Crippen LogP contribution in [0, 0.1) is 16.2 Å². The van der Waals surface area contributed by atoms with E-state index in [9.17, 15) is 14.7 Å². The lowest BCUT2D eigenvalue weighted by Crippen LogP contribution is -2.51. The maximum absolute atomic E-state index is 12.3. The van der Waals surface area contributed by atoms with Gasteiger partial charge in [-0.05, 0) is 32.1 Å². The molecule has 0 aliphatic heterocycles. The number of hydrogen-bond acceptors (Lipinski definition) is 3. The van der Waals surface area contributed by atoms with Crippen molar-refractivity contribution in [2.75, 3.05) is 6.61 Å². The molecule has 0 aromatic rings. The van der Waals surface area contributed by atoms with Gasteiger partial charge in [-0.2, -0.15) is 0 Å². The summed E-state index contributed by atoms with van der Waals surface area (Å²) in [5.74, 6) is -0.0426. The summed E-state index contributed by atoms with van der Waals surface area (Å²) < 4.78 is 0. The quantitative estimate of drug-likeness (QED) is 0.635. The molecule has 0 bridgehead atoms. The fourth-order valence-electron chi connectivity index (χ4n) is 2.24. The second-order valence-corrected chi connectivity index (χ2v) is 9.46. The van der Waals surface area contributed by atoms with Crippen LogP contribution in [0.15, 0.2) is 0 Å². The van der Waals surface area contributed by atoms with Crippen molar-refractivity contribution < 1.29 is 14.7 Å². The van der Waals surface area contributed by atoms with Crippen molar-refractivity contribution in [3.63, 3.8) is 0 Å². The summed E-state index contributed by atoms with van der Waals surface area (Å²) in [7, 11) is 0. The Hall–Kier alpha value is -1.10.